The minimum atomic E-state index is 0. The van der Waals surface area contributed by atoms with Crippen LogP contribution in [0.4, 0.5) is 11.5 Å². The van der Waals surface area contributed by atoms with Crippen molar-refractivity contribution in [1.82, 2.24) is 15.0 Å². The summed E-state index contributed by atoms with van der Waals surface area (Å²) >= 11 is 0. The van der Waals surface area contributed by atoms with Gasteiger partial charge in [0.1, 0.15) is 5.82 Å². The highest BCUT2D eigenvalue weighted by Crippen LogP contribution is 2.20. The molecule has 0 spiro atoms. The molecule has 1 N–H and O–H groups in total. The molecule has 0 bridgehead atoms. The zero-order valence-electron chi connectivity index (χ0n) is 11.5. The summed E-state index contributed by atoms with van der Waals surface area (Å²) in [5.74, 6) is 1.22. The third kappa shape index (κ3) is 2.59. The molecule has 3 aromatic heterocycles. The van der Waals surface area contributed by atoms with E-state index in [4.69, 9.17) is 0 Å². The lowest BCUT2D eigenvalue weighted by atomic mass is 10.1. The minimum Gasteiger partial charge on any atom is -0.340 e. The topological polar surface area (TPSA) is 50.7 Å². The van der Waals surface area contributed by atoms with Crippen molar-refractivity contribution in [3.63, 3.8) is 0 Å². The Morgan fingerprint density at radius 1 is 1.00 bits per heavy atom. The molecule has 3 rings (SSSR count). The van der Waals surface area contributed by atoms with Crippen LogP contribution in [0, 0.1) is 0 Å². The highest BCUT2D eigenvalue weighted by Gasteiger charge is 2.03. The second-order valence-corrected chi connectivity index (χ2v) is 4.99. The molecule has 0 fully saturated rings. The first-order chi connectivity index (χ1) is 9.72. The highest BCUT2D eigenvalue weighted by atomic mass is 15.0. The smallest absolute Gasteiger partial charge is 0.131 e. The van der Waals surface area contributed by atoms with Crippen molar-refractivity contribution in [2.24, 2.45) is 0 Å². The molecule has 0 saturated carbocycles. The van der Waals surface area contributed by atoms with Crippen LogP contribution >= 0.6 is 0 Å². The Kier molecular flexibility index (Phi) is 3.29. The summed E-state index contributed by atoms with van der Waals surface area (Å²) in [6.07, 6.45) is 3.59. The molecule has 0 unspecified atom stereocenters. The molecule has 0 radical (unpaired) electrons. The minimum absolute atomic E-state index is 0. The summed E-state index contributed by atoms with van der Waals surface area (Å²) in [5.41, 5.74) is 3.85. The van der Waals surface area contributed by atoms with Gasteiger partial charge < -0.3 is 5.32 Å². The maximum Gasteiger partial charge on any atom is 0.131 e. The molecule has 0 aromatic carbocycles. The third-order valence-electron chi connectivity index (χ3n) is 3.10. The first-order valence-electron chi connectivity index (χ1n) is 6.67. The van der Waals surface area contributed by atoms with Crippen LogP contribution in [0.5, 0.6) is 0 Å². The summed E-state index contributed by atoms with van der Waals surface area (Å²) < 4.78 is 0. The normalized spacial score (nSPS) is 10.9. The van der Waals surface area contributed by atoms with E-state index in [1.165, 1.54) is 0 Å². The second-order valence-electron chi connectivity index (χ2n) is 4.99. The van der Waals surface area contributed by atoms with E-state index in [1.54, 1.807) is 6.20 Å². The number of pyridine rings is 3. The van der Waals surface area contributed by atoms with Gasteiger partial charge in [-0.2, -0.15) is 0 Å². The lowest BCUT2D eigenvalue weighted by molar-refractivity contribution is 0.823. The van der Waals surface area contributed by atoms with E-state index in [9.17, 15) is 0 Å². The van der Waals surface area contributed by atoms with Crippen LogP contribution in [0.2, 0.25) is 0 Å². The van der Waals surface area contributed by atoms with E-state index in [0.717, 1.165) is 28.2 Å². The van der Waals surface area contributed by atoms with Gasteiger partial charge in [0.25, 0.3) is 0 Å². The maximum absolute atomic E-state index is 4.55. The molecular weight excluding hydrogens is 248 g/mol. The summed E-state index contributed by atoms with van der Waals surface area (Å²) in [5, 5.41) is 3.31. The van der Waals surface area contributed by atoms with Crippen LogP contribution in [0.1, 0.15) is 26.9 Å². The van der Waals surface area contributed by atoms with Gasteiger partial charge in [0.15, 0.2) is 0 Å². The van der Waals surface area contributed by atoms with Crippen molar-refractivity contribution < 1.29 is 1.43 Å². The van der Waals surface area contributed by atoms with E-state index in [1.807, 2.05) is 36.5 Å². The van der Waals surface area contributed by atoms with Crippen molar-refractivity contribution in [3.8, 4) is 0 Å². The number of hydrogen-bond donors (Lipinski definition) is 1. The Balaban J connectivity index is 0.00000161. The SMILES string of the molecule is CC(C)c1cc(Nc2ccc3ncccc3n2)ccn1.[HH]. The number of aromatic nitrogens is 3. The molecular formula is C16H18N4. The van der Waals surface area contributed by atoms with Crippen LogP contribution in [0.25, 0.3) is 11.0 Å². The second kappa shape index (κ2) is 5.25. The van der Waals surface area contributed by atoms with Gasteiger partial charge in [-0.25, -0.2) is 4.98 Å². The molecule has 0 aliphatic heterocycles. The molecule has 0 aliphatic rings. The molecule has 0 aliphatic carbocycles. The Hall–Kier alpha value is -2.49. The predicted octanol–water partition coefficient (Wildman–Crippen LogP) is 4.14. The first kappa shape index (κ1) is 12.5. The Bertz CT molecular complexity index is 743. The summed E-state index contributed by atoms with van der Waals surface area (Å²) in [6, 6.07) is 11.8. The van der Waals surface area contributed by atoms with E-state index in [0.29, 0.717) is 5.92 Å². The molecule has 4 nitrogen and oxygen atoms in total. The van der Waals surface area contributed by atoms with Gasteiger partial charge in [-0.05, 0) is 42.3 Å². The van der Waals surface area contributed by atoms with Crippen molar-refractivity contribution in [1.29, 1.82) is 0 Å². The molecule has 102 valence electrons. The third-order valence-corrected chi connectivity index (χ3v) is 3.10. The summed E-state index contributed by atoms with van der Waals surface area (Å²) in [7, 11) is 0. The van der Waals surface area contributed by atoms with Gasteiger partial charge in [0.2, 0.25) is 0 Å². The van der Waals surface area contributed by atoms with Gasteiger partial charge >= 0.3 is 0 Å². The van der Waals surface area contributed by atoms with Gasteiger partial charge in [0, 0.05) is 25.2 Å². The Labute approximate surface area is 119 Å². The molecule has 0 atom stereocenters. The molecule has 4 heteroatoms. The van der Waals surface area contributed by atoms with E-state index in [2.05, 4.69) is 40.2 Å². The molecule has 3 heterocycles. The van der Waals surface area contributed by atoms with Crippen LogP contribution in [-0.4, -0.2) is 15.0 Å². The predicted molar refractivity (Wildman–Crippen MR) is 83.3 cm³/mol. The summed E-state index contributed by atoms with van der Waals surface area (Å²) in [6.45, 7) is 4.26. The first-order valence-corrected chi connectivity index (χ1v) is 6.67. The van der Waals surface area contributed by atoms with Crippen LogP contribution in [-0.2, 0) is 0 Å². The number of nitrogens with zero attached hydrogens (tertiary/aromatic N) is 3. The van der Waals surface area contributed by atoms with Crippen LogP contribution in [0.3, 0.4) is 0 Å². The molecule has 3 aromatic rings. The van der Waals surface area contributed by atoms with Gasteiger partial charge in [-0.1, -0.05) is 13.8 Å². The number of nitrogens with one attached hydrogen (secondary N) is 1. The zero-order chi connectivity index (χ0) is 13.9. The van der Waals surface area contributed by atoms with Crippen molar-refractivity contribution in [3.05, 3.63) is 54.5 Å². The molecule has 0 saturated heterocycles. The van der Waals surface area contributed by atoms with Gasteiger partial charge in [0.05, 0.1) is 11.0 Å². The Morgan fingerprint density at radius 2 is 1.90 bits per heavy atom. The fourth-order valence-electron chi connectivity index (χ4n) is 2.02. The standard InChI is InChI=1S/C16H16N4.H2/c1-11(2)15-10-12(7-9-18-15)19-16-6-5-13-14(20-16)4-3-8-17-13;/h3-11H,1-2H3,(H,18,19,20);1H. The number of rotatable bonds is 3. The maximum atomic E-state index is 4.55. The van der Waals surface area contributed by atoms with E-state index in [-0.39, 0.29) is 1.43 Å². The summed E-state index contributed by atoms with van der Waals surface area (Å²) in [4.78, 5) is 13.2. The highest BCUT2D eigenvalue weighted by molar-refractivity contribution is 5.76. The fraction of sp³-hybridized carbons (Fsp3) is 0.188. The van der Waals surface area contributed by atoms with Crippen molar-refractivity contribution in [2.45, 2.75) is 19.8 Å². The van der Waals surface area contributed by atoms with Gasteiger partial charge in [-0.3, -0.25) is 9.97 Å². The van der Waals surface area contributed by atoms with E-state index < -0.39 is 0 Å². The lowest BCUT2D eigenvalue weighted by Crippen LogP contribution is -1.97. The zero-order valence-corrected chi connectivity index (χ0v) is 11.5. The van der Waals surface area contributed by atoms with Gasteiger partial charge in [-0.15, -0.1) is 0 Å². The lowest BCUT2D eigenvalue weighted by Gasteiger charge is -2.09. The number of fused-ring (bicyclic) bond motifs is 1. The van der Waals surface area contributed by atoms with Crippen molar-refractivity contribution in [2.75, 3.05) is 5.32 Å². The van der Waals surface area contributed by atoms with Crippen LogP contribution < -0.4 is 5.32 Å². The quantitative estimate of drug-likeness (QED) is 0.774. The van der Waals surface area contributed by atoms with Crippen LogP contribution in [0.15, 0.2) is 48.8 Å². The largest absolute Gasteiger partial charge is 0.340 e. The molecule has 20 heavy (non-hydrogen) atoms. The number of hydrogen-bond acceptors (Lipinski definition) is 4. The average Bonchev–Trinajstić information content (AvgIpc) is 2.47. The average molecular weight is 266 g/mol. The van der Waals surface area contributed by atoms with E-state index >= 15 is 0 Å². The monoisotopic (exact) mass is 266 g/mol. The van der Waals surface area contributed by atoms with Crippen molar-refractivity contribution >= 4 is 22.5 Å². The Morgan fingerprint density at radius 3 is 2.75 bits per heavy atom. The number of anilines is 2. The molecule has 0 amide bonds. The fourth-order valence-corrected chi connectivity index (χ4v) is 2.02.